The largest absolute Gasteiger partial charge is 0.462 e. The molecule has 0 radical (unpaired) electrons. The number of carbonyl (C=O) groups is 1. The summed E-state index contributed by atoms with van der Waals surface area (Å²) in [6.45, 7) is 2.00. The SMILES string of the molecule is CCOC(=O)c1ccccc1/C=N/Nc1nc2nonc2nc1Nc1ccc(F)cc1. The molecule has 0 unspecified atom stereocenters. The summed E-state index contributed by atoms with van der Waals surface area (Å²) in [5.41, 5.74) is 4.64. The fourth-order valence-corrected chi connectivity index (χ4v) is 2.64. The lowest BCUT2D eigenvalue weighted by molar-refractivity contribution is 0.0526. The number of hydrogen-bond donors (Lipinski definition) is 2. The molecule has 0 saturated heterocycles. The van der Waals surface area contributed by atoms with Crippen molar-refractivity contribution >= 4 is 40.8 Å². The van der Waals surface area contributed by atoms with Crippen molar-refractivity contribution in [2.45, 2.75) is 6.92 Å². The lowest BCUT2D eigenvalue weighted by Crippen LogP contribution is -2.08. The van der Waals surface area contributed by atoms with Crippen LogP contribution in [0.1, 0.15) is 22.8 Å². The molecule has 0 aliphatic heterocycles. The summed E-state index contributed by atoms with van der Waals surface area (Å²) < 4.78 is 22.9. The van der Waals surface area contributed by atoms with E-state index in [1.165, 1.54) is 18.3 Å². The Morgan fingerprint density at radius 3 is 2.55 bits per heavy atom. The molecule has 0 bridgehead atoms. The minimum Gasteiger partial charge on any atom is -0.462 e. The third-order valence-corrected chi connectivity index (χ3v) is 4.05. The minimum absolute atomic E-state index is 0.175. The fraction of sp³-hybridized carbons (Fsp3) is 0.100. The third kappa shape index (κ3) is 4.61. The van der Waals surface area contributed by atoms with E-state index in [4.69, 9.17) is 4.74 Å². The number of esters is 1. The molecule has 0 aliphatic carbocycles. The van der Waals surface area contributed by atoms with Gasteiger partial charge in [0, 0.05) is 11.3 Å². The first-order valence-corrected chi connectivity index (χ1v) is 9.22. The van der Waals surface area contributed by atoms with Gasteiger partial charge in [-0.25, -0.2) is 18.8 Å². The van der Waals surface area contributed by atoms with Crippen molar-refractivity contribution in [1.29, 1.82) is 0 Å². The van der Waals surface area contributed by atoms with Crippen molar-refractivity contribution in [3.05, 3.63) is 65.5 Å². The molecule has 2 N–H and O–H groups in total. The normalized spacial score (nSPS) is 11.0. The molecule has 2 aromatic carbocycles. The third-order valence-electron chi connectivity index (χ3n) is 4.05. The maximum absolute atomic E-state index is 13.2. The molecule has 0 fully saturated rings. The Morgan fingerprint density at radius 2 is 1.81 bits per heavy atom. The van der Waals surface area contributed by atoms with Gasteiger partial charge in [0.25, 0.3) is 0 Å². The van der Waals surface area contributed by atoms with Gasteiger partial charge in [0.1, 0.15) is 5.82 Å². The Morgan fingerprint density at radius 1 is 1.10 bits per heavy atom. The van der Waals surface area contributed by atoms with E-state index in [2.05, 4.69) is 40.8 Å². The van der Waals surface area contributed by atoms with Crippen molar-refractivity contribution < 1.29 is 18.6 Å². The highest BCUT2D eigenvalue weighted by Gasteiger charge is 2.14. The van der Waals surface area contributed by atoms with Crippen LogP contribution in [-0.4, -0.2) is 39.1 Å². The van der Waals surface area contributed by atoms with Gasteiger partial charge in [0.15, 0.2) is 11.6 Å². The maximum Gasteiger partial charge on any atom is 0.338 e. The minimum atomic E-state index is -0.446. The van der Waals surface area contributed by atoms with E-state index in [0.717, 1.165) is 0 Å². The summed E-state index contributed by atoms with van der Waals surface area (Å²) in [7, 11) is 0. The van der Waals surface area contributed by atoms with Gasteiger partial charge in [-0.1, -0.05) is 18.2 Å². The Kier molecular flexibility index (Phi) is 5.74. The molecule has 31 heavy (non-hydrogen) atoms. The molecule has 0 spiro atoms. The van der Waals surface area contributed by atoms with E-state index in [9.17, 15) is 9.18 Å². The number of aromatic nitrogens is 4. The number of nitrogens with zero attached hydrogens (tertiary/aromatic N) is 5. The second-order valence-corrected chi connectivity index (χ2v) is 6.14. The van der Waals surface area contributed by atoms with Crippen LogP contribution < -0.4 is 10.7 Å². The van der Waals surface area contributed by atoms with E-state index in [1.54, 1.807) is 43.3 Å². The van der Waals surface area contributed by atoms with Crippen molar-refractivity contribution in [3.8, 4) is 0 Å². The second kappa shape index (κ2) is 8.95. The molecule has 11 heteroatoms. The molecule has 2 aromatic heterocycles. The van der Waals surface area contributed by atoms with Crippen LogP contribution in [-0.2, 0) is 4.74 Å². The highest BCUT2D eigenvalue weighted by molar-refractivity contribution is 5.99. The van der Waals surface area contributed by atoms with Gasteiger partial charge in [-0.2, -0.15) is 10.1 Å². The molecule has 4 aromatic rings. The zero-order valence-electron chi connectivity index (χ0n) is 16.2. The summed E-state index contributed by atoms with van der Waals surface area (Å²) >= 11 is 0. The number of hydrogen-bond acceptors (Lipinski definition) is 10. The average molecular weight is 421 g/mol. The highest BCUT2D eigenvalue weighted by Crippen LogP contribution is 2.24. The molecule has 0 amide bonds. The van der Waals surface area contributed by atoms with E-state index < -0.39 is 5.97 Å². The standard InChI is InChI=1S/C20H16FN7O3/c1-2-30-20(29)15-6-4-3-5-12(15)11-22-26-17-16(23-14-9-7-13(21)8-10-14)24-18-19(25-17)28-31-27-18/h3-11H,2H2,1H3,(H,23,24,27)(H,25,26,28)/b22-11+. The lowest BCUT2D eigenvalue weighted by Gasteiger charge is -2.09. The Balaban J connectivity index is 1.61. The lowest BCUT2D eigenvalue weighted by atomic mass is 10.1. The van der Waals surface area contributed by atoms with Gasteiger partial charge in [-0.15, -0.1) is 0 Å². The number of nitrogens with one attached hydrogen (secondary N) is 2. The van der Waals surface area contributed by atoms with Gasteiger partial charge in [0.05, 0.1) is 18.4 Å². The van der Waals surface area contributed by atoms with Crippen molar-refractivity contribution in [2.24, 2.45) is 5.10 Å². The Hall–Kier alpha value is -4.41. The molecule has 10 nitrogen and oxygen atoms in total. The number of benzene rings is 2. The van der Waals surface area contributed by atoms with E-state index in [1.807, 2.05) is 0 Å². The van der Waals surface area contributed by atoms with Crippen LogP contribution in [0.15, 0.2) is 58.3 Å². The first-order valence-electron chi connectivity index (χ1n) is 9.22. The molecule has 0 saturated carbocycles. The Bertz CT molecular complexity index is 1240. The molecular weight excluding hydrogens is 405 g/mol. The summed E-state index contributed by atoms with van der Waals surface area (Å²) in [5.74, 6) is -0.322. The number of rotatable bonds is 7. The van der Waals surface area contributed by atoms with E-state index >= 15 is 0 Å². The summed E-state index contributed by atoms with van der Waals surface area (Å²) in [5, 5.41) is 14.5. The Labute approximate surface area is 175 Å². The summed E-state index contributed by atoms with van der Waals surface area (Å²) in [4.78, 5) is 20.7. The molecule has 0 atom stereocenters. The number of halogens is 1. The van der Waals surface area contributed by atoms with E-state index in [0.29, 0.717) is 16.8 Å². The molecule has 4 rings (SSSR count). The molecule has 2 heterocycles. The average Bonchev–Trinajstić information content (AvgIpc) is 3.23. The predicted octanol–water partition coefficient (Wildman–Crippen LogP) is 3.52. The van der Waals surface area contributed by atoms with Gasteiger partial charge >= 0.3 is 5.97 Å². The quantitative estimate of drug-likeness (QED) is 0.262. The number of hydrazone groups is 1. The van der Waals surface area contributed by atoms with Crippen LogP contribution in [0.5, 0.6) is 0 Å². The first kappa shape index (κ1) is 19.9. The first-order chi connectivity index (χ1) is 15.1. The van der Waals surface area contributed by atoms with Gasteiger partial charge in [-0.05, 0) is 47.6 Å². The van der Waals surface area contributed by atoms with Crippen LogP contribution in [0, 0.1) is 5.82 Å². The summed E-state index contributed by atoms with van der Waals surface area (Å²) in [6, 6.07) is 12.6. The highest BCUT2D eigenvalue weighted by atomic mass is 19.1. The summed E-state index contributed by atoms with van der Waals surface area (Å²) in [6.07, 6.45) is 1.46. The zero-order chi connectivity index (χ0) is 21.6. The number of ether oxygens (including phenoxy) is 1. The van der Waals surface area contributed by atoms with Gasteiger partial charge in [0.2, 0.25) is 11.3 Å². The van der Waals surface area contributed by atoms with Gasteiger partial charge < -0.3 is 10.1 Å². The molecule has 156 valence electrons. The monoisotopic (exact) mass is 421 g/mol. The van der Waals surface area contributed by atoms with Crippen LogP contribution in [0.3, 0.4) is 0 Å². The maximum atomic E-state index is 13.2. The molecular formula is C20H16FN7O3. The van der Waals surface area contributed by atoms with Crippen LogP contribution >= 0.6 is 0 Å². The topological polar surface area (TPSA) is 127 Å². The number of carbonyl (C=O) groups excluding carboxylic acids is 1. The second-order valence-electron chi connectivity index (χ2n) is 6.14. The van der Waals surface area contributed by atoms with Gasteiger partial charge in [-0.3, -0.25) is 5.43 Å². The predicted molar refractivity (Wildman–Crippen MR) is 111 cm³/mol. The van der Waals surface area contributed by atoms with Crippen molar-refractivity contribution in [3.63, 3.8) is 0 Å². The molecule has 0 aliphatic rings. The van der Waals surface area contributed by atoms with Crippen molar-refractivity contribution in [1.82, 2.24) is 20.3 Å². The smallest absolute Gasteiger partial charge is 0.338 e. The van der Waals surface area contributed by atoms with Crippen LogP contribution in [0.2, 0.25) is 0 Å². The van der Waals surface area contributed by atoms with Crippen LogP contribution in [0.25, 0.3) is 11.3 Å². The van der Waals surface area contributed by atoms with E-state index in [-0.39, 0.29) is 35.4 Å². The number of fused-ring (bicyclic) bond motifs is 1. The van der Waals surface area contributed by atoms with Crippen molar-refractivity contribution in [2.75, 3.05) is 17.3 Å². The zero-order valence-corrected chi connectivity index (χ0v) is 16.2. The fourth-order valence-electron chi connectivity index (χ4n) is 2.64. The van der Waals surface area contributed by atoms with Crippen LogP contribution in [0.4, 0.5) is 21.7 Å². The number of anilines is 3.